The lowest BCUT2D eigenvalue weighted by Crippen LogP contribution is -2.09. The average Bonchev–Trinajstić information content (AvgIpc) is 2.81. The molecule has 0 aliphatic rings. The third-order valence-corrected chi connectivity index (χ3v) is 3.20. The minimum Gasteiger partial charge on any atom is -0.292 e. The average molecular weight is 256 g/mol. The number of hydrogen-bond acceptors (Lipinski definition) is 2. The molecule has 0 amide bonds. The molecule has 0 saturated heterocycles. The second-order valence-corrected chi connectivity index (χ2v) is 4.75. The van der Waals surface area contributed by atoms with Gasteiger partial charge in [0.2, 0.25) is 0 Å². The number of carbonyl (C=O) groups is 1. The molecule has 2 aromatic rings. The van der Waals surface area contributed by atoms with Gasteiger partial charge in [-0.25, -0.2) is 0 Å². The van der Waals surface area contributed by atoms with E-state index in [-0.39, 0.29) is 5.78 Å². The summed E-state index contributed by atoms with van der Waals surface area (Å²) in [7, 11) is 0. The molecule has 0 aliphatic carbocycles. The summed E-state index contributed by atoms with van der Waals surface area (Å²) in [5, 5.41) is 4.31. The van der Waals surface area contributed by atoms with Gasteiger partial charge < -0.3 is 0 Å². The van der Waals surface area contributed by atoms with Crippen molar-refractivity contribution in [3.63, 3.8) is 0 Å². The van der Waals surface area contributed by atoms with Crippen LogP contribution in [0.2, 0.25) is 0 Å². The number of benzene rings is 1. The number of carbonyl (C=O) groups excluding carboxylic acids is 1. The van der Waals surface area contributed by atoms with Crippen molar-refractivity contribution in [1.82, 2.24) is 9.78 Å². The summed E-state index contributed by atoms with van der Waals surface area (Å²) in [5.41, 5.74) is 2.94. The zero-order valence-electron chi connectivity index (χ0n) is 11.6. The quantitative estimate of drug-likeness (QED) is 0.742. The highest BCUT2D eigenvalue weighted by atomic mass is 16.1. The number of hydrogen-bond donors (Lipinski definition) is 0. The van der Waals surface area contributed by atoms with Crippen molar-refractivity contribution in [1.29, 1.82) is 0 Å². The van der Waals surface area contributed by atoms with E-state index in [0.29, 0.717) is 6.42 Å². The molecular weight excluding hydrogens is 236 g/mol. The maximum absolute atomic E-state index is 12.2. The Labute approximate surface area is 114 Å². The third-order valence-electron chi connectivity index (χ3n) is 3.20. The van der Waals surface area contributed by atoms with E-state index < -0.39 is 0 Å². The Hall–Kier alpha value is -1.90. The Morgan fingerprint density at radius 3 is 2.68 bits per heavy atom. The van der Waals surface area contributed by atoms with E-state index in [1.165, 1.54) is 5.56 Å². The molecule has 3 nitrogen and oxygen atoms in total. The number of nitrogens with zero attached hydrogens (tertiary/aromatic N) is 2. The van der Waals surface area contributed by atoms with E-state index in [2.05, 4.69) is 17.2 Å². The van der Waals surface area contributed by atoms with Crippen LogP contribution >= 0.6 is 0 Å². The van der Waals surface area contributed by atoms with Crippen LogP contribution in [0.5, 0.6) is 0 Å². The molecule has 0 saturated carbocycles. The second-order valence-electron chi connectivity index (χ2n) is 4.75. The highest BCUT2D eigenvalue weighted by molar-refractivity contribution is 5.94. The van der Waals surface area contributed by atoms with Crippen LogP contribution in [0, 0.1) is 6.92 Å². The van der Waals surface area contributed by atoms with Gasteiger partial charge in [0.05, 0.1) is 5.69 Å². The van der Waals surface area contributed by atoms with Crippen LogP contribution in [0.1, 0.15) is 41.5 Å². The molecule has 0 spiro atoms. The Bertz CT molecular complexity index is 543. The van der Waals surface area contributed by atoms with Gasteiger partial charge in [-0.1, -0.05) is 30.3 Å². The highest BCUT2D eigenvalue weighted by Gasteiger charge is 2.12. The summed E-state index contributed by atoms with van der Waals surface area (Å²) >= 11 is 0. The first-order chi connectivity index (χ1) is 9.20. The fraction of sp³-hybridized carbons (Fsp3) is 0.375. The van der Waals surface area contributed by atoms with Crippen molar-refractivity contribution in [2.75, 3.05) is 0 Å². The molecule has 0 N–H and O–H groups in total. The maximum atomic E-state index is 12.2. The molecule has 0 bridgehead atoms. The van der Waals surface area contributed by atoms with Gasteiger partial charge >= 0.3 is 0 Å². The van der Waals surface area contributed by atoms with Gasteiger partial charge in [0.15, 0.2) is 5.78 Å². The number of ketones is 1. The summed E-state index contributed by atoms with van der Waals surface area (Å²) in [6, 6.07) is 12.2. The van der Waals surface area contributed by atoms with E-state index in [0.717, 1.165) is 30.8 Å². The van der Waals surface area contributed by atoms with Crippen LogP contribution in [-0.4, -0.2) is 15.6 Å². The molecule has 1 heterocycles. The van der Waals surface area contributed by atoms with Crippen LogP contribution in [0.25, 0.3) is 0 Å². The molecule has 2 rings (SSSR count). The van der Waals surface area contributed by atoms with Crippen LogP contribution in [-0.2, 0) is 13.0 Å². The first-order valence-electron chi connectivity index (χ1n) is 6.82. The van der Waals surface area contributed by atoms with Crippen molar-refractivity contribution in [3.05, 3.63) is 53.3 Å². The first kappa shape index (κ1) is 13.5. The van der Waals surface area contributed by atoms with Crippen molar-refractivity contribution >= 4 is 5.78 Å². The molecule has 1 aromatic heterocycles. The van der Waals surface area contributed by atoms with E-state index in [1.54, 1.807) is 4.68 Å². The largest absolute Gasteiger partial charge is 0.292 e. The fourth-order valence-corrected chi connectivity index (χ4v) is 2.24. The number of aromatic nitrogens is 2. The van der Waals surface area contributed by atoms with E-state index in [1.807, 2.05) is 38.1 Å². The molecule has 0 aliphatic heterocycles. The van der Waals surface area contributed by atoms with Gasteiger partial charge in [-0.2, -0.15) is 5.10 Å². The minimum atomic E-state index is 0.193. The van der Waals surface area contributed by atoms with Gasteiger partial charge in [0, 0.05) is 13.0 Å². The lowest BCUT2D eigenvalue weighted by molar-refractivity contribution is 0.0970. The summed E-state index contributed by atoms with van der Waals surface area (Å²) in [6.07, 6.45) is 2.42. The van der Waals surface area contributed by atoms with Crippen molar-refractivity contribution in [2.24, 2.45) is 0 Å². The molecule has 0 fully saturated rings. The Morgan fingerprint density at radius 1 is 1.26 bits per heavy atom. The Kier molecular flexibility index (Phi) is 4.50. The van der Waals surface area contributed by atoms with E-state index in [9.17, 15) is 4.79 Å². The van der Waals surface area contributed by atoms with Gasteiger partial charge in [-0.15, -0.1) is 0 Å². The topological polar surface area (TPSA) is 34.9 Å². The predicted molar refractivity (Wildman–Crippen MR) is 76.3 cm³/mol. The summed E-state index contributed by atoms with van der Waals surface area (Å²) in [4.78, 5) is 12.2. The van der Waals surface area contributed by atoms with Crippen molar-refractivity contribution in [2.45, 2.75) is 39.7 Å². The van der Waals surface area contributed by atoms with Gasteiger partial charge in [-0.05, 0) is 38.3 Å². The van der Waals surface area contributed by atoms with Crippen LogP contribution in [0.3, 0.4) is 0 Å². The summed E-state index contributed by atoms with van der Waals surface area (Å²) in [5.74, 6) is 0.193. The molecule has 0 unspecified atom stereocenters. The molecule has 1 aromatic carbocycles. The maximum Gasteiger partial charge on any atom is 0.180 e. The van der Waals surface area contributed by atoms with Gasteiger partial charge in [-0.3, -0.25) is 9.48 Å². The molecular formula is C16H20N2O. The Balaban J connectivity index is 1.91. The van der Waals surface area contributed by atoms with E-state index >= 15 is 0 Å². The van der Waals surface area contributed by atoms with Gasteiger partial charge in [0.25, 0.3) is 0 Å². The molecule has 0 radical (unpaired) electrons. The predicted octanol–water partition coefficient (Wildman–Crippen LogP) is 3.42. The van der Waals surface area contributed by atoms with E-state index in [4.69, 9.17) is 0 Å². The monoisotopic (exact) mass is 256 g/mol. The minimum absolute atomic E-state index is 0.193. The lowest BCUT2D eigenvalue weighted by atomic mass is 10.1. The standard InChI is InChI=1S/C16H20N2O/c1-3-18-15(12-13(2)17-18)16(19)11-7-10-14-8-5-4-6-9-14/h4-6,8-9,12H,3,7,10-11H2,1-2H3. The first-order valence-corrected chi connectivity index (χ1v) is 6.82. The molecule has 3 heteroatoms. The van der Waals surface area contributed by atoms with Crippen LogP contribution in [0.4, 0.5) is 0 Å². The summed E-state index contributed by atoms with van der Waals surface area (Å²) in [6.45, 7) is 4.67. The highest BCUT2D eigenvalue weighted by Crippen LogP contribution is 2.11. The second kappa shape index (κ2) is 6.32. The van der Waals surface area contributed by atoms with Crippen molar-refractivity contribution in [3.8, 4) is 0 Å². The van der Waals surface area contributed by atoms with Crippen LogP contribution < -0.4 is 0 Å². The molecule has 0 atom stereocenters. The van der Waals surface area contributed by atoms with Crippen LogP contribution in [0.15, 0.2) is 36.4 Å². The normalized spacial score (nSPS) is 10.6. The number of Topliss-reactive ketones (excluding diaryl/α,β-unsaturated/α-hetero) is 1. The zero-order chi connectivity index (χ0) is 13.7. The van der Waals surface area contributed by atoms with Crippen molar-refractivity contribution < 1.29 is 4.79 Å². The van der Waals surface area contributed by atoms with Gasteiger partial charge in [0.1, 0.15) is 5.69 Å². The smallest absolute Gasteiger partial charge is 0.180 e. The molecule has 100 valence electrons. The lowest BCUT2D eigenvalue weighted by Gasteiger charge is -2.04. The number of rotatable bonds is 6. The summed E-state index contributed by atoms with van der Waals surface area (Å²) < 4.78 is 1.79. The zero-order valence-corrected chi connectivity index (χ0v) is 11.6. The number of aryl methyl sites for hydroxylation is 3. The third kappa shape index (κ3) is 3.53. The Morgan fingerprint density at radius 2 is 2.00 bits per heavy atom. The molecule has 19 heavy (non-hydrogen) atoms. The SMILES string of the molecule is CCn1nc(C)cc1C(=O)CCCc1ccccc1. The fourth-order valence-electron chi connectivity index (χ4n) is 2.24.